The largest absolute Gasteiger partial charge is 0.338 e. The van der Waals surface area contributed by atoms with Gasteiger partial charge in [-0.3, -0.25) is 4.68 Å². The Bertz CT molecular complexity index is 470. The summed E-state index contributed by atoms with van der Waals surface area (Å²) in [5, 5.41) is 7.69. The van der Waals surface area contributed by atoms with Crippen LogP contribution in [0.1, 0.15) is 67.0 Å². The van der Waals surface area contributed by atoms with E-state index in [2.05, 4.69) is 51.9 Å². The van der Waals surface area contributed by atoms with Crippen molar-refractivity contribution >= 4 is 5.78 Å². The van der Waals surface area contributed by atoms with E-state index >= 15 is 0 Å². The van der Waals surface area contributed by atoms with Gasteiger partial charge in [-0.05, 0) is 11.8 Å². The van der Waals surface area contributed by atoms with E-state index in [9.17, 15) is 4.79 Å². The topological polar surface area (TPSA) is 47.8 Å². The van der Waals surface area contributed by atoms with Crippen molar-refractivity contribution < 1.29 is 37.5 Å². The van der Waals surface area contributed by atoms with Crippen LogP contribution in [0.3, 0.4) is 0 Å². The minimum Gasteiger partial charge on any atom is -0.338 e. The number of rotatable bonds is 5. The fourth-order valence-corrected chi connectivity index (χ4v) is 2.32. The van der Waals surface area contributed by atoms with Gasteiger partial charge in [0.2, 0.25) is 0 Å². The van der Waals surface area contributed by atoms with Gasteiger partial charge in [-0.15, -0.1) is 17.4 Å². The molecule has 1 unspecified atom stereocenters. The number of carbonyl (C=O) groups is 1. The first-order valence-corrected chi connectivity index (χ1v) is 8.46. The van der Waals surface area contributed by atoms with Crippen LogP contribution >= 0.6 is 0 Å². The molecular formula is C19H35N3OY-2. The van der Waals surface area contributed by atoms with Crippen LogP contribution in [0.5, 0.6) is 0 Å². The van der Waals surface area contributed by atoms with Gasteiger partial charge in [-0.25, -0.2) is 0 Å². The number of ketones is 1. The first-order valence-electron chi connectivity index (χ1n) is 8.46. The molecule has 5 heteroatoms. The van der Waals surface area contributed by atoms with Gasteiger partial charge in [-0.2, -0.15) is 0 Å². The van der Waals surface area contributed by atoms with E-state index in [1.54, 1.807) is 6.20 Å². The van der Waals surface area contributed by atoms with Crippen LogP contribution in [-0.2, 0) is 50.5 Å². The van der Waals surface area contributed by atoms with Gasteiger partial charge >= 0.3 is 0 Å². The molecule has 0 amide bonds. The molecule has 1 heterocycles. The molecule has 1 aromatic heterocycles. The average Bonchev–Trinajstić information content (AvgIpc) is 2.83. The van der Waals surface area contributed by atoms with Gasteiger partial charge in [0.15, 0.2) is 0 Å². The van der Waals surface area contributed by atoms with Gasteiger partial charge in [0, 0.05) is 50.4 Å². The standard InChI is InChI=1S/C12H23O.C7H12N3.Y/c1-9(8-11(2,3)4)10(13)12(5,6)7;1-3-5-10-7(4-2)6-8-9-10;/h9H,1,8H2,2-7H3;6H,2-5H2,1H3;/q2*-1;. The first kappa shape index (κ1) is 26.1. The maximum absolute atomic E-state index is 11.8. The van der Waals surface area contributed by atoms with Gasteiger partial charge in [-0.1, -0.05) is 60.1 Å². The van der Waals surface area contributed by atoms with Crippen molar-refractivity contribution in [1.29, 1.82) is 0 Å². The molecule has 0 saturated carbocycles. The molecule has 0 aromatic carbocycles. The summed E-state index contributed by atoms with van der Waals surface area (Å²) in [6, 6.07) is 0. The Balaban J connectivity index is 0. The van der Waals surface area contributed by atoms with Crippen LogP contribution in [0.25, 0.3) is 0 Å². The van der Waals surface area contributed by atoms with Crippen molar-refractivity contribution in [2.24, 2.45) is 16.7 Å². The number of nitrogens with zero attached hydrogens (tertiary/aromatic N) is 3. The van der Waals surface area contributed by atoms with E-state index in [-0.39, 0.29) is 55.2 Å². The van der Waals surface area contributed by atoms with E-state index in [1.165, 1.54) is 0 Å². The number of Topliss-reactive ketones (excluding diaryl/α,β-unsaturated/α-hetero) is 1. The van der Waals surface area contributed by atoms with Crippen LogP contribution in [0.2, 0.25) is 0 Å². The fraction of sp³-hybridized carbons (Fsp3) is 0.737. The Kier molecular flexibility index (Phi) is 12.5. The summed E-state index contributed by atoms with van der Waals surface area (Å²) in [5.41, 5.74) is 1.05. The summed E-state index contributed by atoms with van der Waals surface area (Å²) in [6.45, 7) is 23.1. The van der Waals surface area contributed by atoms with Crippen molar-refractivity contribution in [3.8, 4) is 0 Å². The zero-order chi connectivity index (χ0) is 18.3. The van der Waals surface area contributed by atoms with Crippen LogP contribution in [0.4, 0.5) is 0 Å². The predicted octanol–water partition coefficient (Wildman–Crippen LogP) is 4.55. The summed E-state index contributed by atoms with van der Waals surface area (Å²) < 4.78 is 1.90. The van der Waals surface area contributed by atoms with Crippen LogP contribution in [0, 0.1) is 30.6 Å². The zero-order valence-electron chi connectivity index (χ0n) is 16.7. The van der Waals surface area contributed by atoms with Gasteiger partial charge < -0.3 is 18.6 Å². The van der Waals surface area contributed by atoms with E-state index in [4.69, 9.17) is 0 Å². The van der Waals surface area contributed by atoms with Crippen LogP contribution in [0.15, 0.2) is 6.20 Å². The monoisotopic (exact) mass is 410 g/mol. The van der Waals surface area contributed by atoms with Crippen LogP contribution in [-0.4, -0.2) is 20.8 Å². The summed E-state index contributed by atoms with van der Waals surface area (Å²) in [7, 11) is 0. The molecule has 1 aromatic rings. The molecule has 0 fully saturated rings. The fourth-order valence-electron chi connectivity index (χ4n) is 2.32. The molecule has 0 saturated heterocycles. The molecule has 1 atom stereocenters. The molecule has 4 nitrogen and oxygen atoms in total. The second kappa shape index (κ2) is 11.5. The SMILES string of the molecule is [CH2-]C(CC(C)(C)C)C(=O)C(C)(C)C.[CH2-]Cc1cnnn1CCC.[Y]. The smallest absolute Gasteiger partial charge is 0.111 e. The van der Waals surface area contributed by atoms with Gasteiger partial charge in [0.25, 0.3) is 0 Å². The number of carbonyl (C=O) groups excluding carboxylic acids is 1. The molecule has 0 aliphatic rings. The minimum absolute atomic E-state index is 0. The Morgan fingerprint density at radius 2 is 1.79 bits per heavy atom. The third-order valence-electron chi connectivity index (χ3n) is 3.36. The number of aryl methyl sites for hydroxylation is 1. The third-order valence-corrected chi connectivity index (χ3v) is 3.36. The molecule has 24 heavy (non-hydrogen) atoms. The predicted molar refractivity (Wildman–Crippen MR) is 96.8 cm³/mol. The Morgan fingerprint density at radius 3 is 2.17 bits per heavy atom. The first-order chi connectivity index (χ1) is 10.4. The molecule has 0 aliphatic carbocycles. The number of aromatic nitrogens is 3. The molecule has 0 spiro atoms. The number of hydrogen-bond donors (Lipinski definition) is 0. The molecular weight excluding hydrogens is 375 g/mol. The average molecular weight is 410 g/mol. The summed E-state index contributed by atoms with van der Waals surface area (Å²) in [6.07, 6.45) is 4.50. The van der Waals surface area contributed by atoms with E-state index in [0.717, 1.165) is 31.5 Å². The molecule has 1 rings (SSSR count). The van der Waals surface area contributed by atoms with Crippen molar-refractivity contribution in [3.05, 3.63) is 25.7 Å². The Labute approximate surface area is 174 Å². The molecule has 137 valence electrons. The second-order valence-corrected chi connectivity index (χ2v) is 8.27. The normalized spacial score (nSPS) is 12.7. The summed E-state index contributed by atoms with van der Waals surface area (Å²) in [5.74, 6) is 0.197. The van der Waals surface area contributed by atoms with Gasteiger partial charge in [0.1, 0.15) is 5.78 Å². The van der Waals surface area contributed by atoms with Crippen molar-refractivity contribution in [2.45, 2.75) is 74.3 Å². The Hall–Kier alpha value is -0.0861. The van der Waals surface area contributed by atoms with Crippen molar-refractivity contribution in [2.75, 3.05) is 0 Å². The minimum atomic E-state index is -0.252. The quantitative estimate of drug-likeness (QED) is 0.669. The van der Waals surface area contributed by atoms with E-state index in [1.807, 2.05) is 25.5 Å². The summed E-state index contributed by atoms with van der Waals surface area (Å²) in [4.78, 5) is 11.8. The third kappa shape index (κ3) is 10.7. The van der Waals surface area contributed by atoms with Crippen molar-refractivity contribution in [3.63, 3.8) is 0 Å². The van der Waals surface area contributed by atoms with Gasteiger partial charge in [0.05, 0.1) is 6.20 Å². The van der Waals surface area contributed by atoms with E-state index in [0.29, 0.717) is 0 Å². The molecule has 0 N–H and O–H groups in total. The van der Waals surface area contributed by atoms with E-state index < -0.39 is 0 Å². The Morgan fingerprint density at radius 1 is 1.25 bits per heavy atom. The summed E-state index contributed by atoms with van der Waals surface area (Å²) >= 11 is 0. The number of hydrogen-bond acceptors (Lipinski definition) is 3. The zero-order valence-corrected chi connectivity index (χ0v) is 19.6. The molecule has 0 bridgehead atoms. The molecule has 1 radical (unpaired) electrons. The molecule has 0 aliphatic heterocycles. The van der Waals surface area contributed by atoms with Crippen LogP contribution < -0.4 is 0 Å². The maximum Gasteiger partial charge on any atom is 0.111 e. The van der Waals surface area contributed by atoms with Crippen molar-refractivity contribution in [1.82, 2.24) is 15.0 Å². The second-order valence-electron chi connectivity index (χ2n) is 8.27. The maximum atomic E-state index is 11.8.